The fraction of sp³-hybridized carbons (Fsp3) is 0.0556. The van der Waals surface area contributed by atoms with E-state index in [1.165, 1.54) is 11.0 Å². The zero-order chi connectivity index (χ0) is 17.8. The number of carbonyl (C=O) groups excluding carboxylic acids is 2. The Morgan fingerprint density at radius 1 is 1.16 bits per heavy atom. The van der Waals surface area contributed by atoms with Crippen LogP contribution in [0.5, 0.6) is 0 Å². The molecule has 2 heterocycles. The molecule has 3 rings (SSSR count). The Morgan fingerprint density at radius 3 is 2.60 bits per heavy atom. The van der Waals surface area contributed by atoms with E-state index < -0.39 is 11.8 Å². The number of amides is 2. The van der Waals surface area contributed by atoms with Gasteiger partial charge in [-0.1, -0.05) is 42.5 Å². The maximum absolute atomic E-state index is 12.6. The molecule has 0 unspecified atom stereocenters. The normalized spacial score (nSPS) is 16.8. The number of nitrogens with zero attached hydrogens (tertiary/aromatic N) is 1. The summed E-state index contributed by atoms with van der Waals surface area (Å²) < 4.78 is 6.07. The van der Waals surface area contributed by atoms with Crippen molar-refractivity contribution in [2.45, 2.75) is 0 Å². The van der Waals surface area contributed by atoms with Gasteiger partial charge in [0.2, 0.25) is 0 Å². The van der Waals surface area contributed by atoms with Crippen molar-refractivity contribution >= 4 is 63.9 Å². The minimum atomic E-state index is -0.523. The Kier molecular flexibility index (Phi) is 5.44. The third-order valence-electron chi connectivity index (χ3n) is 3.46. The lowest BCUT2D eigenvalue weighted by Crippen LogP contribution is -2.53. The molecule has 5 nitrogen and oxygen atoms in total. The van der Waals surface area contributed by atoms with Crippen molar-refractivity contribution in [1.29, 1.82) is 0 Å². The number of hydrogen-bond acceptors (Lipinski definition) is 4. The first-order chi connectivity index (χ1) is 12.0. The fourth-order valence-corrected chi connectivity index (χ4v) is 2.95. The first-order valence-corrected chi connectivity index (χ1v) is 8.89. The molecule has 2 amide bonds. The highest BCUT2D eigenvalue weighted by Gasteiger charge is 2.32. The van der Waals surface area contributed by atoms with Crippen LogP contribution < -0.4 is 5.32 Å². The van der Waals surface area contributed by atoms with Crippen LogP contribution in [0.1, 0.15) is 11.3 Å². The molecule has 0 saturated carbocycles. The molecule has 1 aliphatic heterocycles. The summed E-state index contributed by atoms with van der Waals surface area (Å²) >= 11 is 7.14. The number of furan rings is 1. The predicted molar refractivity (Wildman–Crippen MR) is 107 cm³/mol. The van der Waals surface area contributed by atoms with Crippen molar-refractivity contribution in [3.05, 3.63) is 69.2 Å². The van der Waals surface area contributed by atoms with Gasteiger partial charge in [0, 0.05) is 6.54 Å². The van der Waals surface area contributed by atoms with E-state index in [1.807, 2.05) is 65.1 Å². The molecule has 7 heteroatoms. The minimum Gasteiger partial charge on any atom is -0.451 e. The molecular weight excluding hydrogens is 451 g/mol. The van der Waals surface area contributed by atoms with Crippen molar-refractivity contribution in [1.82, 2.24) is 10.2 Å². The van der Waals surface area contributed by atoms with Crippen LogP contribution in [0.3, 0.4) is 0 Å². The van der Waals surface area contributed by atoms with Gasteiger partial charge in [0.15, 0.2) is 8.88 Å². The van der Waals surface area contributed by atoms with E-state index in [1.54, 1.807) is 12.1 Å². The van der Waals surface area contributed by atoms with E-state index in [0.717, 1.165) is 5.56 Å². The highest BCUT2D eigenvalue weighted by molar-refractivity contribution is 14.1. The molecule has 1 fully saturated rings. The standard InChI is InChI=1S/C18H13IN2O3S/c19-15-9-8-13(24-15)11-14-16(22)20-18(25)21(17(14)23)10-4-7-12-5-2-1-3-6-12/h1-9,11H,10H2,(H,20,22,25)/b7-4+,14-11?. The van der Waals surface area contributed by atoms with Crippen LogP contribution in [0.4, 0.5) is 0 Å². The van der Waals surface area contributed by atoms with E-state index in [9.17, 15) is 9.59 Å². The SMILES string of the molecule is O=C1NC(=S)N(C/C=C/c2ccccc2)C(=O)C1=Cc1ccc(I)o1. The molecule has 1 saturated heterocycles. The summed E-state index contributed by atoms with van der Waals surface area (Å²) in [4.78, 5) is 26.1. The number of nitrogens with one attached hydrogen (secondary N) is 1. The van der Waals surface area contributed by atoms with Gasteiger partial charge in [0.05, 0.1) is 0 Å². The van der Waals surface area contributed by atoms with Crippen LogP contribution in [0.25, 0.3) is 12.2 Å². The Labute approximate surface area is 163 Å². The first kappa shape index (κ1) is 17.6. The molecule has 25 heavy (non-hydrogen) atoms. The monoisotopic (exact) mass is 464 g/mol. The summed E-state index contributed by atoms with van der Waals surface area (Å²) in [7, 11) is 0. The molecule has 1 N–H and O–H groups in total. The summed E-state index contributed by atoms with van der Waals surface area (Å²) in [6.07, 6.45) is 5.14. The van der Waals surface area contributed by atoms with E-state index in [-0.39, 0.29) is 17.2 Å². The third-order valence-corrected chi connectivity index (χ3v) is 4.37. The van der Waals surface area contributed by atoms with Crippen molar-refractivity contribution in [3.8, 4) is 0 Å². The molecule has 1 aliphatic rings. The predicted octanol–water partition coefficient (Wildman–Crippen LogP) is 3.22. The Hall–Kier alpha value is -2.26. The molecule has 0 spiro atoms. The summed E-state index contributed by atoms with van der Waals surface area (Å²) in [6.45, 7) is 0.264. The van der Waals surface area contributed by atoms with E-state index in [4.69, 9.17) is 16.6 Å². The van der Waals surface area contributed by atoms with Crippen molar-refractivity contribution in [2.24, 2.45) is 0 Å². The van der Waals surface area contributed by atoms with Crippen LogP contribution in [-0.2, 0) is 9.59 Å². The van der Waals surface area contributed by atoms with Crippen molar-refractivity contribution in [3.63, 3.8) is 0 Å². The maximum atomic E-state index is 12.6. The summed E-state index contributed by atoms with van der Waals surface area (Å²) in [5.41, 5.74) is 1.01. The molecule has 2 aromatic rings. The molecule has 126 valence electrons. The quantitative estimate of drug-likeness (QED) is 0.327. The van der Waals surface area contributed by atoms with Crippen LogP contribution in [0.2, 0.25) is 0 Å². The zero-order valence-electron chi connectivity index (χ0n) is 12.9. The van der Waals surface area contributed by atoms with Crippen LogP contribution in [0, 0.1) is 3.77 Å². The average molecular weight is 464 g/mol. The number of benzene rings is 1. The Bertz CT molecular complexity index is 887. The van der Waals surface area contributed by atoms with Crippen molar-refractivity contribution in [2.75, 3.05) is 6.54 Å². The Morgan fingerprint density at radius 2 is 1.92 bits per heavy atom. The number of rotatable bonds is 4. The molecule has 1 aromatic carbocycles. The highest BCUT2D eigenvalue weighted by atomic mass is 127. The first-order valence-electron chi connectivity index (χ1n) is 7.40. The summed E-state index contributed by atoms with van der Waals surface area (Å²) in [6, 6.07) is 13.2. The maximum Gasteiger partial charge on any atom is 0.266 e. The van der Waals surface area contributed by atoms with Crippen LogP contribution >= 0.6 is 34.8 Å². The summed E-state index contributed by atoms with van der Waals surface area (Å²) in [5.74, 6) is -0.530. The average Bonchev–Trinajstić information content (AvgIpc) is 3.00. The van der Waals surface area contributed by atoms with Gasteiger partial charge in [-0.3, -0.25) is 19.8 Å². The second kappa shape index (κ2) is 7.75. The molecule has 0 aliphatic carbocycles. The lowest BCUT2D eigenvalue weighted by atomic mass is 10.1. The van der Waals surface area contributed by atoms with Crippen LogP contribution in [-0.4, -0.2) is 28.4 Å². The minimum absolute atomic E-state index is 0.00698. The fourth-order valence-electron chi connectivity index (χ4n) is 2.27. The molecular formula is C18H13IN2O3S. The molecule has 0 radical (unpaired) electrons. The van der Waals surface area contributed by atoms with Gasteiger partial charge in [0.1, 0.15) is 11.3 Å². The van der Waals surface area contributed by atoms with Gasteiger partial charge in [-0.15, -0.1) is 0 Å². The van der Waals surface area contributed by atoms with Gasteiger partial charge in [0.25, 0.3) is 11.8 Å². The van der Waals surface area contributed by atoms with E-state index >= 15 is 0 Å². The van der Waals surface area contributed by atoms with E-state index in [0.29, 0.717) is 9.53 Å². The van der Waals surface area contributed by atoms with Gasteiger partial charge >= 0.3 is 0 Å². The molecule has 0 bridgehead atoms. The lowest BCUT2D eigenvalue weighted by molar-refractivity contribution is -0.128. The van der Waals surface area contributed by atoms with Gasteiger partial charge in [-0.25, -0.2) is 0 Å². The number of hydrogen-bond donors (Lipinski definition) is 1. The van der Waals surface area contributed by atoms with Gasteiger partial charge in [-0.2, -0.15) is 0 Å². The molecule has 0 atom stereocenters. The van der Waals surface area contributed by atoms with Crippen molar-refractivity contribution < 1.29 is 14.0 Å². The second-order valence-corrected chi connectivity index (χ2v) is 6.64. The number of halogens is 1. The highest BCUT2D eigenvalue weighted by Crippen LogP contribution is 2.17. The van der Waals surface area contributed by atoms with Crippen LogP contribution in [0.15, 0.2) is 58.5 Å². The third kappa shape index (κ3) is 4.23. The topological polar surface area (TPSA) is 62.6 Å². The van der Waals surface area contributed by atoms with Gasteiger partial charge in [-0.05, 0) is 58.6 Å². The molecule has 1 aromatic heterocycles. The second-order valence-electron chi connectivity index (χ2n) is 5.19. The summed E-state index contributed by atoms with van der Waals surface area (Å²) in [5, 5.41) is 2.63. The van der Waals surface area contributed by atoms with E-state index in [2.05, 4.69) is 5.32 Å². The van der Waals surface area contributed by atoms with Gasteiger partial charge < -0.3 is 4.42 Å². The number of thiocarbonyl (C=S) groups is 1. The lowest BCUT2D eigenvalue weighted by Gasteiger charge is -2.27. The Balaban J connectivity index is 1.78. The number of carbonyl (C=O) groups is 2. The largest absolute Gasteiger partial charge is 0.451 e. The smallest absolute Gasteiger partial charge is 0.266 e. The zero-order valence-corrected chi connectivity index (χ0v) is 15.9.